The van der Waals surface area contributed by atoms with Gasteiger partial charge in [-0.1, -0.05) is 6.92 Å². The van der Waals surface area contributed by atoms with Crippen molar-refractivity contribution in [3.8, 4) is 0 Å². The number of anilines is 1. The highest BCUT2D eigenvalue weighted by atomic mass is 16.3. The van der Waals surface area contributed by atoms with Crippen LogP contribution in [0, 0.1) is 0 Å². The standard InChI is InChI=1S/C11H17N3O2/c1-2-6-14-7-5-12-9(10(14)16)13-11(8-15)3-4-11/h5,7,15H,2-4,6,8H2,1H3,(H,12,13). The smallest absolute Gasteiger partial charge is 0.293 e. The SMILES string of the molecule is CCCn1ccnc(NC2(CO)CC2)c1=O. The summed E-state index contributed by atoms with van der Waals surface area (Å²) in [5, 5.41) is 12.2. The molecule has 0 aliphatic heterocycles. The lowest BCUT2D eigenvalue weighted by Crippen LogP contribution is -2.32. The van der Waals surface area contributed by atoms with Gasteiger partial charge in [-0.2, -0.15) is 0 Å². The van der Waals surface area contributed by atoms with Crippen molar-refractivity contribution in [1.29, 1.82) is 0 Å². The van der Waals surface area contributed by atoms with Gasteiger partial charge in [0, 0.05) is 18.9 Å². The van der Waals surface area contributed by atoms with Gasteiger partial charge in [-0.15, -0.1) is 0 Å². The second kappa shape index (κ2) is 4.25. The van der Waals surface area contributed by atoms with Crippen LogP contribution in [0.3, 0.4) is 0 Å². The second-order valence-corrected chi connectivity index (χ2v) is 4.34. The molecule has 0 radical (unpaired) electrons. The summed E-state index contributed by atoms with van der Waals surface area (Å²) >= 11 is 0. The maximum Gasteiger partial charge on any atom is 0.293 e. The predicted octanol–water partition coefficient (Wildman–Crippen LogP) is 0.590. The Hall–Kier alpha value is -1.36. The van der Waals surface area contributed by atoms with E-state index < -0.39 is 0 Å². The molecule has 5 heteroatoms. The van der Waals surface area contributed by atoms with Crippen molar-refractivity contribution in [2.45, 2.75) is 38.3 Å². The van der Waals surface area contributed by atoms with E-state index in [1.165, 1.54) is 0 Å². The number of aliphatic hydroxyl groups is 1. The third kappa shape index (κ3) is 2.09. The van der Waals surface area contributed by atoms with Crippen molar-refractivity contribution < 1.29 is 5.11 Å². The highest BCUT2D eigenvalue weighted by Gasteiger charge is 2.42. The summed E-state index contributed by atoms with van der Waals surface area (Å²) in [7, 11) is 0. The summed E-state index contributed by atoms with van der Waals surface area (Å²) in [6.45, 7) is 2.77. The maximum absolute atomic E-state index is 11.9. The Bertz CT molecular complexity index is 423. The second-order valence-electron chi connectivity index (χ2n) is 4.34. The van der Waals surface area contributed by atoms with Crippen LogP contribution in [-0.4, -0.2) is 26.8 Å². The van der Waals surface area contributed by atoms with Gasteiger partial charge in [0.25, 0.3) is 5.56 Å². The Balaban J connectivity index is 2.21. The molecule has 0 saturated heterocycles. The van der Waals surface area contributed by atoms with Crippen molar-refractivity contribution in [2.24, 2.45) is 0 Å². The van der Waals surface area contributed by atoms with E-state index in [1.807, 2.05) is 6.92 Å². The monoisotopic (exact) mass is 223 g/mol. The van der Waals surface area contributed by atoms with Crippen molar-refractivity contribution in [3.05, 3.63) is 22.7 Å². The van der Waals surface area contributed by atoms with E-state index >= 15 is 0 Å². The molecule has 2 rings (SSSR count). The molecule has 5 nitrogen and oxygen atoms in total. The number of nitrogens with one attached hydrogen (secondary N) is 1. The van der Waals surface area contributed by atoms with Crippen molar-refractivity contribution >= 4 is 5.82 Å². The zero-order valence-electron chi connectivity index (χ0n) is 9.44. The first-order valence-electron chi connectivity index (χ1n) is 5.65. The van der Waals surface area contributed by atoms with Gasteiger partial charge in [0.15, 0.2) is 5.82 Å². The van der Waals surface area contributed by atoms with Gasteiger partial charge in [-0.05, 0) is 19.3 Å². The van der Waals surface area contributed by atoms with E-state index in [1.54, 1.807) is 17.0 Å². The molecule has 0 atom stereocenters. The number of aromatic nitrogens is 2. The minimum absolute atomic E-state index is 0.0524. The Kier molecular flexibility index (Phi) is 2.96. The van der Waals surface area contributed by atoms with Crippen molar-refractivity contribution in [1.82, 2.24) is 9.55 Å². The normalized spacial score (nSPS) is 17.1. The van der Waals surface area contributed by atoms with Crippen LogP contribution in [-0.2, 0) is 6.54 Å². The molecule has 88 valence electrons. The van der Waals surface area contributed by atoms with E-state index in [4.69, 9.17) is 0 Å². The minimum Gasteiger partial charge on any atom is -0.394 e. The molecule has 0 bridgehead atoms. The third-order valence-electron chi connectivity index (χ3n) is 2.92. The summed E-state index contributed by atoms with van der Waals surface area (Å²) < 4.78 is 1.64. The highest BCUT2D eigenvalue weighted by Crippen LogP contribution is 2.37. The zero-order valence-corrected chi connectivity index (χ0v) is 9.44. The van der Waals surface area contributed by atoms with Crippen LogP contribution in [0.1, 0.15) is 26.2 Å². The number of aliphatic hydroxyl groups excluding tert-OH is 1. The number of nitrogens with zero attached hydrogens (tertiary/aromatic N) is 2. The summed E-state index contributed by atoms with van der Waals surface area (Å²) in [6, 6.07) is 0. The van der Waals surface area contributed by atoms with Crippen LogP contribution in [0.25, 0.3) is 0 Å². The lowest BCUT2D eigenvalue weighted by Gasteiger charge is -2.15. The summed E-state index contributed by atoms with van der Waals surface area (Å²) in [5.74, 6) is 0.350. The molecule has 2 N–H and O–H groups in total. The van der Waals surface area contributed by atoms with E-state index in [2.05, 4.69) is 10.3 Å². The molecule has 0 amide bonds. The lowest BCUT2D eigenvalue weighted by atomic mass is 10.3. The molecular formula is C11H17N3O2. The molecular weight excluding hydrogens is 206 g/mol. The fourth-order valence-corrected chi connectivity index (χ4v) is 1.67. The Morgan fingerprint density at radius 1 is 1.62 bits per heavy atom. The highest BCUT2D eigenvalue weighted by molar-refractivity contribution is 5.38. The average Bonchev–Trinajstić information content (AvgIpc) is 3.05. The molecule has 0 unspecified atom stereocenters. The van der Waals surface area contributed by atoms with Crippen molar-refractivity contribution in [3.63, 3.8) is 0 Å². The van der Waals surface area contributed by atoms with Gasteiger partial charge in [-0.25, -0.2) is 4.98 Å². The zero-order chi connectivity index (χ0) is 11.6. The molecule has 1 fully saturated rings. The Morgan fingerprint density at radius 3 is 2.94 bits per heavy atom. The molecule has 1 aliphatic rings. The first-order chi connectivity index (χ1) is 7.71. The number of hydrogen-bond donors (Lipinski definition) is 2. The topological polar surface area (TPSA) is 67.2 Å². The lowest BCUT2D eigenvalue weighted by molar-refractivity contribution is 0.266. The number of rotatable bonds is 5. The van der Waals surface area contributed by atoms with Gasteiger partial charge >= 0.3 is 0 Å². The molecule has 0 spiro atoms. The Morgan fingerprint density at radius 2 is 2.38 bits per heavy atom. The van der Waals surface area contributed by atoms with E-state index in [0.29, 0.717) is 12.4 Å². The maximum atomic E-state index is 11.9. The quantitative estimate of drug-likeness (QED) is 0.766. The summed E-state index contributed by atoms with van der Waals surface area (Å²) in [4.78, 5) is 16.0. The first-order valence-corrected chi connectivity index (χ1v) is 5.65. The molecule has 16 heavy (non-hydrogen) atoms. The van der Waals surface area contributed by atoms with Gasteiger partial charge in [0.05, 0.1) is 12.1 Å². The molecule has 0 aromatic carbocycles. The number of hydrogen-bond acceptors (Lipinski definition) is 4. The molecule has 1 heterocycles. The molecule has 1 aliphatic carbocycles. The van der Waals surface area contributed by atoms with Crippen LogP contribution < -0.4 is 10.9 Å². The van der Waals surface area contributed by atoms with Gasteiger partial charge in [-0.3, -0.25) is 4.79 Å². The van der Waals surface area contributed by atoms with Crippen LogP contribution >= 0.6 is 0 Å². The predicted molar refractivity (Wildman–Crippen MR) is 61.5 cm³/mol. The van der Waals surface area contributed by atoms with E-state index in [0.717, 1.165) is 19.3 Å². The number of aryl methyl sites for hydroxylation is 1. The molecule has 1 saturated carbocycles. The third-order valence-corrected chi connectivity index (χ3v) is 2.92. The van der Waals surface area contributed by atoms with Crippen LogP contribution in [0.4, 0.5) is 5.82 Å². The fourth-order valence-electron chi connectivity index (χ4n) is 1.67. The van der Waals surface area contributed by atoms with Crippen molar-refractivity contribution in [2.75, 3.05) is 11.9 Å². The van der Waals surface area contributed by atoms with Gasteiger partial charge in [0.2, 0.25) is 0 Å². The molecule has 1 aromatic rings. The van der Waals surface area contributed by atoms with E-state index in [-0.39, 0.29) is 17.7 Å². The fraction of sp³-hybridized carbons (Fsp3) is 0.636. The summed E-state index contributed by atoms with van der Waals surface area (Å²) in [6.07, 6.45) is 6.01. The van der Waals surface area contributed by atoms with Crippen LogP contribution in [0.15, 0.2) is 17.2 Å². The average molecular weight is 223 g/mol. The molecule has 1 aromatic heterocycles. The minimum atomic E-state index is -0.294. The van der Waals surface area contributed by atoms with E-state index in [9.17, 15) is 9.90 Å². The summed E-state index contributed by atoms with van der Waals surface area (Å²) in [5.41, 5.74) is -0.401. The van der Waals surface area contributed by atoms with Crippen LogP contribution in [0.2, 0.25) is 0 Å². The van der Waals surface area contributed by atoms with Gasteiger partial charge in [0.1, 0.15) is 0 Å². The van der Waals surface area contributed by atoms with Crippen LogP contribution in [0.5, 0.6) is 0 Å². The van der Waals surface area contributed by atoms with Gasteiger partial charge < -0.3 is 15.0 Å². The first kappa shape index (κ1) is 11.1. The largest absolute Gasteiger partial charge is 0.394 e. The Labute approximate surface area is 94.1 Å².